The molecule has 1 aromatic heterocycles. The number of nitrogens with one attached hydrogen (secondary N) is 1. The lowest BCUT2D eigenvalue weighted by atomic mass is 10.1. The summed E-state index contributed by atoms with van der Waals surface area (Å²) in [4.78, 5) is 14.7. The van der Waals surface area contributed by atoms with E-state index >= 15 is 0 Å². The molecule has 0 aliphatic carbocycles. The van der Waals surface area contributed by atoms with Crippen molar-refractivity contribution < 1.29 is 9.53 Å². The summed E-state index contributed by atoms with van der Waals surface area (Å²) in [5, 5.41) is 7.18. The quantitative estimate of drug-likeness (QED) is 0.907. The van der Waals surface area contributed by atoms with Crippen molar-refractivity contribution in [2.24, 2.45) is 7.05 Å². The number of ether oxygens (including phenoxy) is 1. The average molecular weight is 342 g/mol. The summed E-state index contributed by atoms with van der Waals surface area (Å²) in [5.41, 5.74) is 4.01. The smallest absolute Gasteiger partial charge is 0.322 e. The highest BCUT2D eigenvalue weighted by Gasteiger charge is 2.24. The van der Waals surface area contributed by atoms with Crippen LogP contribution in [-0.2, 0) is 18.3 Å². The van der Waals surface area contributed by atoms with E-state index < -0.39 is 0 Å². The number of hydrogen-bond donors (Lipinski definition) is 1. The summed E-state index contributed by atoms with van der Waals surface area (Å²) in [5.74, 6) is 0. The van der Waals surface area contributed by atoms with Crippen LogP contribution in [0.5, 0.6) is 0 Å². The van der Waals surface area contributed by atoms with Crippen LogP contribution in [0, 0.1) is 13.8 Å². The number of anilines is 1. The van der Waals surface area contributed by atoms with E-state index in [4.69, 9.17) is 4.74 Å². The number of nitrogens with zero attached hydrogens (tertiary/aromatic N) is 3. The van der Waals surface area contributed by atoms with Gasteiger partial charge in [0.1, 0.15) is 0 Å². The summed E-state index contributed by atoms with van der Waals surface area (Å²) >= 11 is 0. The average Bonchev–Trinajstić information content (AvgIpc) is 3.21. The van der Waals surface area contributed by atoms with E-state index in [2.05, 4.69) is 29.5 Å². The second-order valence-corrected chi connectivity index (χ2v) is 6.64. The molecule has 2 amide bonds. The van der Waals surface area contributed by atoms with Gasteiger partial charge < -0.3 is 15.0 Å². The van der Waals surface area contributed by atoms with Crippen molar-refractivity contribution in [3.8, 4) is 0 Å². The lowest BCUT2D eigenvalue weighted by Gasteiger charge is -2.26. The fourth-order valence-electron chi connectivity index (χ4n) is 3.06. The topological polar surface area (TPSA) is 59.4 Å². The molecule has 0 saturated carbocycles. The monoisotopic (exact) mass is 342 g/mol. The van der Waals surface area contributed by atoms with Gasteiger partial charge in [0.2, 0.25) is 0 Å². The van der Waals surface area contributed by atoms with E-state index in [1.807, 2.05) is 31.0 Å². The van der Waals surface area contributed by atoms with Crippen molar-refractivity contribution in [1.29, 1.82) is 0 Å². The van der Waals surface area contributed by atoms with Crippen molar-refractivity contribution in [1.82, 2.24) is 14.7 Å². The van der Waals surface area contributed by atoms with E-state index in [9.17, 15) is 4.79 Å². The second-order valence-electron chi connectivity index (χ2n) is 6.64. The zero-order valence-electron chi connectivity index (χ0n) is 15.2. The first kappa shape index (κ1) is 17.5. The molecular formula is C19H26N4O2. The molecule has 6 heteroatoms. The van der Waals surface area contributed by atoms with Crippen molar-refractivity contribution in [2.75, 3.05) is 18.5 Å². The molecule has 1 aliphatic heterocycles. The second kappa shape index (κ2) is 7.70. The third-order valence-electron chi connectivity index (χ3n) is 4.83. The first-order chi connectivity index (χ1) is 12.0. The van der Waals surface area contributed by atoms with Crippen LogP contribution < -0.4 is 5.32 Å². The van der Waals surface area contributed by atoms with Crippen molar-refractivity contribution >= 4 is 11.7 Å². The molecule has 2 heterocycles. The zero-order valence-corrected chi connectivity index (χ0v) is 15.2. The number of benzene rings is 1. The molecule has 134 valence electrons. The van der Waals surface area contributed by atoms with Crippen LogP contribution >= 0.6 is 0 Å². The summed E-state index contributed by atoms with van der Waals surface area (Å²) in [7, 11) is 1.86. The van der Waals surface area contributed by atoms with Crippen LogP contribution in [-0.4, -0.2) is 40.0 Å². The number of carbonyl (C=O) groups is 1. The molecule has 1 saturated heterocycles. The van der Waals surface area contributed by atoms with Crippen LogP contribution in [0.2, 0.25) is 0 Å². The number of aromatic nitrogens is 2. The predicted molar refractivity (Wildman–Crippen MR) is 97.5 cm³/mol. The SMILES string of the molecule is Cc1ccccc1CN(C[C@H]1CCCO1)C(=O)Nc1cnn(C)c1C. The Kier molecular flexibility index (Phi) is 5.38. The zero-order chi connectivity index (χ0) is 17.8. The van der Waals surface area contributed by atoms with Crippen LogP contribution in [0.3, 0.4) is 0 Å². The van der Waals surface area contributed by atoms with Crippen LogP contribution in [0.1, 0.15) is 29.7 Å². The van der Waals surface area contributed by atoms with Crippen molar-refractivity contribution in [3.63, 3.8) is 0 Å². The number of aryl methyl sites for hydroxylation is 2. The lowest BCUT2D eigenvalue weighted by molar-refractivity contribution is 0.0819. The molecular weight excluding hydrogens is 316 g/mol. The molecule has 1 aliphatic rings. The maximum absolute atomic E-state index is 12.9. The molecule has 1 aromatic carbocycles. The van der Waals surface area contributed by atoms with Crippen molar-refractivity contribution in [2.45, 2.75) is 39.3 Å². The third-order valence-corrected chi connectivity index (χ3v) is 4.83. The summed E-state index contributed by atoms with van der Waals surface area (Å²) in [6, 6.07) is 8.05. The van der Waals surface area contributed by atoms with E-state index in [1.54, 1.807) is 10.9 Å². The van der Waals surface area contributed by atoms with Gasteiger partial charge in [-0.3, -0.25) is 4.68 Å². The fraction of sp³-hybridized carbons (Fsp3) is 0.474. The summed E-state index contributed by atoms with van der Waals surface area (Å²) in [6.45, 7) is 5.96. The van der Waals surface area contributed by atoms with Gasteiger partial charge in [-0.1, -0.05) is 24.3 Å². The van der Waals surface area contributed by atoms with Gasteiger partial charge in [0, 0.05) is 26.7 Å². The van der Waals surface area contributed by atoms with Gasteiger partial charge in [-0.15, -0.1) is 0 Å². The normalized spacial score (nSPS) is 16.8. The maximum atomic E-state index is 12.9. The largest absolute Gasteiger partial charge is 0.376 e. The Morgan fingerprint density at radius 3 is 2.84 bits per heavy atom. The number of rotatable bonds is 5. The van der Waals surface area contributed by atoms with Crippen LogP contribution in [0.15, 0.2) is 30.5 Å². The molecule has 25 heavy (non-hydrogen) atoms. The standard InChI is InChI=1S/C19H26N4O2/c1-14-7-4-5-8-16(14)12-23(13-17-9-6-10-25-17)19(24)21-18-11-20-22(3)15(18)2/h4-5,7-8,11,17H,6,9-10,12-13H2,1-3H3,(H,21,24)/t17-/m1/s1. The number of amides is 2. The third kappa shape index (κ3) is 4.20. The van der Waals surface area contributed by atoms with Gasteiger partial charge in [0.05, 0.1) is 23.7 Å². The Labute approximate surface area is 148 Å². The Balaban J connectivity index is 1.75. The highest BCUT2D eigenvalue weighted by molar-refractivity contribution is 5.89. The minimum atomic E-state index is -0.116. The highest BCUT2D eigenvalue weighted by atomic mass is 16.5. The van der Waals surface area contributed by atoms with Gasteiger partial charge in [-0.25, -0.2) is 4.79 Å². The molecule has 0 spiro atoms. The Hall–Kier alpha value is -2.34. The summed E-state index contributed by atoms with van der Waals surface area (Å²) < 4.78 is 7.49. The first-order valence-corrected chi connectivity index (χ1v) is 8.75. The van der Waals surface area contributed by atoms with Gasteiger partial charge >= 0.3 is 6.03 Å². The molecule has 0 radical (unpaired) electrons. The molecule has 1 N–H and O–H groups in total. The van der Waals surface area contributed by atoms with Gasteiger partial charge in [-0.05, 0) is 37.8 Å². The number of hydrogen-bond acceptors (Lipinski definition) is 3. The number of carbonyl (C=O) groups excluding carboxylic acids is 1. The molecule has 1 fully saturated rings. The van der Waals surface area contributed by atoms with E-state index in [0.717, 1.165) is 36.4 Å². The molecule has 0 unspecified atom stereocenters. The Morgan fingerprint density at radius 2 is 2.20 bits per heavy atom. The molecule has 6 nitrogen and oxygen atoms in total. The fourth-order valence-corrected chi connectivity index (χ4v) is 3.06. The van der Waals surface area contributed by atoms with Gasteiger partial charge in [0.25, 0.3) is 0 Å². The Bertz CT molecular complexity index is 735. The lowest BCUT2D eigenvalue weighted by Crippen LogP contribution is -2.39. The van der Waals surface area contributed by atoms with Crippen LogP contribution in [0.4, 0.5) is 10.5 Å². The Morgan fingerprint density at radius 1 is 1.40 bits per heavy atom. The molecule has 0 bridgehead atoms. The van der Waals surface area contributed by atoms with Crippen LogP contribution in [0.25, 0.3) is 0 Å². The summed E-state index contributed by atoms with van der Waals surface area (Å²) in [6.07, 6.45) is 3.87. The minimum absolute atomic E-state index is 0.116. The highest BCUT2D eigenvalue weighted by Crippen LogP contribution is 2.19. The van der Waals surface area contributed by atoms with E-state index in [0.29, 0.717) is 13.1 Å². The van der Waals surface area contributed by atoms with Gasteiger partial charge in [-0.2, -0.15) is 5.10 Å². The molecule has 1 atom stereocenters. The van der Waals surface area contributed by atoms with E-state index in [1.165, 1.54) is 5.56 Å². The molecule has 3 rings (SSSR count). The minimum Gasteiger partial charge on any atom is -0.376 e. The number of urea groups is 1. The predicted octanol–water partition coefficient (Wildman–Crippen LogP) is 3.25. The molecule has 2 aromatic rings. The van der Waals surface area contributed by atoms with E-state index in [-0.39, 0.29) is 12.1 Å². The maximum Gasteiger partial charge on any atom is 0.322 e. The first-order valence-electron chi connectivity index (χ1n) is 8.75. The van der Waals surface area contributed by atoms with Gasteiger partial charge in [0.15, 0.2) is 0 Å². The van der Waals surface area contributed by atoms with Crippen molar-refractivity contribution in [3.05, 3.63) is 47.3 Å².